The highest BCUT2D eigenvalue weighted by molar-refractivity contribution is 6.34. The average Bonchev–Trinajstić information content (AvgIpc) is 2.56. The third kappa shape index (κ3) is 3.56. The fourth-order valence-electron chi connectivity index (χ4n) is 1.80. The highest BCUT2D eigenvalue weighted by Crippen LogP contribution is 2.24. The van der Waals surface area contributed by atoms with Gasteiger partial charge < -0.3 is 14.8 Å². The standard InChI is InChI=1S/C16H14ClNO4/c1-21-12-6-3-10(4-7-12)15(19)18-14-9-11(16(20)22-2)5-8-13(14)17/h3-9H,1-2H3,(H,18,19). The Bertz CT molecular complexity index is 698. The molecular formula is C16H14ClNO4. The summed E-state index contributed by atoms with van der Waals surface area (Å²) in [6, 6.07) is 11.1. The van der Waals surface area contributed by atoms with Crippen molar-refractivity contribution in [3.63, 3.8) is 0 Å². The number of ether oxygens (including phenoxy) is 2. The van der Waals surface area contributed by atoms with Gasteiger partial charge in [-0.3, -0.25) is 4.79 Å². The van der Waals surface area contributed by atoms with Gasteiger partial charge in [-0.2, -0.15) is 0 Å². The Balaban J connectivity index is 2.21. The van der Waals surface area contributed by atoms with Crippen LogP contribution in [-0.2, 0) is 4.74 Å². The van der Waals surface area contributed by atoms with Crippen LogP contribution in [0.1, 0.15) is 20.7 Å². The van der Waals surface area contributed by atoms with Crippen LogP contribution in [0.2, 0.25) is 5.02 Å². The van der Waals surface area contributed by atoms with Gasteiger partial charge in [0.2, 0.25) is 0 Å². The summed E-state index contributed by atoms with van der Waals surface area (Å²) < 4.78 is 9.67. The van der Waals surface area contributed by atoms with E-state index in [1.54, 1.807) is 31.4 Å². The predicted octanol–water partition coefficient (Wildman–Crippen LogP) is 3.39. The Morgan fingerprint density at radius 3 is 2.23 bits per heavy atom. The zero-order valence-corrected chi connectivity index (χ0v) is 12.8. The third-order valence-electron chi connectivity index (χ3n) is 2.99. The van der Waals surface area contributed by atoms with Gasteiger partial charge in [-0.25, -0.2) is 4.79 Å². The molecule has 0 atom stereocenters. The maximum absolute atomic E-state index is 12.2. The van der Waals surface area contributed by atoms with Crippen LogP contribution < -0.4 is 10.1 Å². The summed E-state index contributed by atoms with van der Waals surface area (Å²) in [5.74, 6) is -0.189. The lowest BCUT2D eigenvalue weighted by molar-refractivity contribution is 0.0600. The van der Waals surface area contributed by atoms with Gasteiger partial charge in [0.05, 0.1) is 30.5 Å². The topological polar surface area (TPSA) is 64.6 Å². The molecule has 0 radical (unpaired) electrons. The van der Waals surface area contributed by atoms with Gasteiger partial charge in [-0.1, -0.05) is 11.6 Å². The van der Waals surface area contributed by atoms with Gasteiger partial charge in [0, 0.05) is 5.56 Å². The van der Waals surface area contributed by atoms with Crippen molar-refractivity contribution < 1.29 is 19.1 Å². The number of esters is 1. The fraction of sp³-hybridized carbons (Fsp3) is 0.125. The van der Waals surface area contributed by atoms with Crippen LogP contribution in [0.4, 0.5) is 5.69 Å². The first-order valence-electron chi connectivity index (χ1n) is 6.38. The summed E-state index contributed by atoms with van der Waals surface area (Å²) >= 11 is 6.04. The lowest BCUT2D eigenvalue weighted by atomic mass is 10.1. The Labute approximate surface area is 132 Å². The zero-order valence-electron chi connectivity index (χ0n) is 12.1. The highest BCUT2D eigenvalue weighted by Gasteiger charge is 2.12. The van der Waals surface area contributed by atoms with Gasteiger partial charge in [0.1, 0.15) is 5.75 Å². The van der Waals surface area contributed by atoms with Crippen LogP contribution in [0.25, 0.3) is 0 Å². The second kappa shape index (κ2) is 6.95. The number of nitrogens with one attached hydrogen (secondary N) is 1. The molecule has 0 aromatic heterocycles. The molecule has 2 rings (SSSR count). The maximum atomic E-state index is 12.2. The van der Waals surface area contributed by atoms with Crippen LogP contribution in [0.3, 0.4) is 0 Å². The number of rotatable bonds is 4. The molecule has 22 heavy (non-hydrogen) atoms. The summed E-state index contributed by atoms with van der Waals surface area (Å²) in [6.07, 6.45) is 0. The molecule has 0 bridgehead atoms. The molecule has 0 heterocycles. The number of hydrogen-bond acceptors (Lipinski definition) is 4. The largest absolute Gasteiger partial charge is 0.497 e. The first-order valence-corrected chi connectivity index (χ1v) is 6.76. The summed E-state index contributed by atoms with van der Waals surface area (Å²) in [4.78, 5) is 23.7. The molecule has 0 saturated heterocycles. The van der Waals surface area contributed by atoms with Crippen molar-refractivity contribution >= 4 is 29.2 Å². The average molecular weight is 320 g/mol. The van der Waals surface area contributed by atoms with E-state index in [1.165, 1.54) is 25.3 Å². The number of amides is 1. The van der Waals surface area contributed by atoms with E-state index in [1.807, 2.05) is 0 Å². The van der Waals surface area contributed by atoms with Crippen molar-refractivity contribution in [3.8, 4) is 5.75 Å². The van der Waals surface area contributed by atoms with Crippen LogP contribution in [0.5, 0.6) is 5.75 Å². The Hall–Kier alpha value is -2.53. The second-order valence-electron chi connectivity index (χ2n) is 4.37. The molecule has 0 fully saturated rings. The van der Waals surface area contributed by atoms with Crippen LogP contribution in [-0.4, -0.2) is 26.1 Å². The van der Waals surface area contributed by atoms with Crippen LogP contribution >= 0.6 is 11.6 Å². The Morgan fingerprint density at radius 1 is 1.00 bits per heavy atom. The normalized spacial score (nSPS) is 9.95. The highest BCUT2D eigenvalue weighted by atomic mass is 35.5. The number of carbonyl (C=O) groups is 2. The predicted molar refractivity (Wildman–Crippen MR) is 83.7 cm³/mol. The molecule has 6 heteroatoms. The van der Waals surface area contributed by atoms with Crippen molar-refractivity contribution in [2.75, 3.05) is 19.5 Å². The molecule has 2 aromatic rings. The molecule has 5 nitrogen and oxygen atoms in total. The van der Waals surface area contributed by atoms with Gasteiger partial charge >= 0.3 is 5.97 Å². The van der Waals surface area contributed by atoms with Gasteiger partial charge in [0.15, 0.2) is 0 Å². The molecule has 114 valence electrons. The number of hydrogen-bond donors (Lipinski definition) is 1. The van der Waals surface area contributed by atoms with Crippen molar-refractivity contribution in [2.24, 2.45) is 0 Å². The summed E-state index contributed by atoms with van der Waals surface area (Å²) in [6.45, 7) is 0. The molecular weight excluding hydrogens is 306 g/mol. The van der Waals surface area contributed by atoms with Crippen molar-refractivity contribution in [2.45, 2.75) is 0 Å². The molecule has 0 saturated carbocycles. The summed E-state index contributed by atoms with van der Waals surface area (Å²) in [7, 11) is 2.83. The van der Waals surface area contributed by atoms with E-state index in [4.69, 9.17) is 16.3 Å². The minimum Gasteiger partial charge on any atom is -0.497 e. The van der Waals surface area contributed by atoms with E-state index >= 15 is 0 Å². The summed E-state index contributed by atoms with van der Waals surface area (Å²) in [5, 5.41) is 2.99. The van der Waals surface area contributed by atoms with Crippen molar-refractivity contribution in [1.82, 2.24) is 0 Å². The van der Waals surface area contributed by atoms with Gasteiger partial charge in [-0.05, 0) is 42.5 Å². The number of anilines is 1. The molecule has 0 aliphatic rings. The van der Waals surface area contributed by atoms with E-state index in [2.05, 4.69) is 10.1 Å². The van der Waals surface area contributed by atoms with E-state index in [0.29, 0.717) is 27.6 Å². The zero-order chi connectivity index (χ0) is 16.1. The molecule has 0 aliphatic heterocycles. The third-order valence-corrected chi connectivity index (χ3v) is 3.32. The monoisotopic (exact) mass is 319 g/mol. The van der Waals surface area contributed by atoms with Crippen LogP contribution in [0, 0.1) is 0 Å². The fourth-order valence-corrected chi connectivity index (χ4v) is 1.97. The molecule has 1 amide bonds. The second-order valence-corrected chi connectivity index (χ2v) is 4.78. The Kier molecular flexibility index (Phi) is 5.01. The van der Waals surface area contributed by atoms with E-state index in [-0.39, 0.29) is 5.91 Å². The van der Waals surface area contributed by atoms with E-state index in [0.717, 1.165) is 0 Å². The molecule has 1 N–H and O–H groups in total. The smallest absolute Gasteiger partial charge is 0.337 e. The molecule has 2 aromatic carbocycles. The first-order chi connectivity index (χ1) is 10.5. The summed E-state index contributed by atoms with van der Waals surface area (Å²) in [5.41, 5.74) is 1.09. The number of carbonyl (C=O) groups excluding carboxylic acids is 2. The number of halogens is 1. The number of methoxy groups -OCH3 is 2. The first kappa shape index (κ1) is 15.9. The lowest BCUT2D eigenvalue weighted by Crippen LogP contribution is -2.13. The minimum atomic E-state index is -0.503. The Morgan fingerprint density at radius 2 is 1.64 bits per heavy atom. The van der Waals surface area contributed by atoms with Gasteiger partial charge in [0.25, 0.3) is 5.91 Å². The molecule has 0 aliphatic carbocycles. The maximum Gasteiger partial charge on any atom is 0.337 e. The quantitative estimate of drug-likeness (QED) is 0.877. The van der Waals surface area contributed by atoms with Crippen molar-refractivity contribution in [3.05, 3.63) is 58.6 Å². The number of benzene rings is 2. The lowest BCUT2D eigenvalue weighted by Gasteiger charge is -2.09. The van der Waals surface area contributed by atoms with Gasteiger partial charge in [-0.15, -0.1) is 0 Å². The van der Waals surface area contributed by atoms with E-state index < -0.39 is 5.97 Å². The SMILES string of the molecule is COC(=O)c1ccc(Cl)c(NC(=O)c2ccc(OC)cc2)c1. The minimum absolute atomic E-state index is 0.303. The van der Waals surface area contributed by atoms with Crippen LogP contribution in [0.15, 0.2) is 42.5 Å². The van der Waals surface area contributed by atoms with Crippen molar-refractivity contribution in [1.29, 1.82) is 0 Å². The molecule has 0 spiro atoms. The molecule has 0 unspecified atom stereocenters. The van der Waals surface area contributed by atoms with E-state index in [9.17, 15) is 9.59 Å².